The molecule has 0 aliphatic rings. The Morgan fingerprint density at radius 3 is 2.66 bits per heavy atom. The fourth-order valence-electron chi connectivity index (χ4n) is 2.91. The highest BCUT2D eigenvalue weighted by Gasteiger charge is 2.14. The molecule has 2 heterocycles. The second-order valence-corrected chi connectivity index (χ2v) is 8.51. The lowest BCUT2D eigenvalue weighted by Crippen LogP contribution is -2.26. The molecule has 0 saturated carbocycles. The SMILES string of the molecule is Cc1ccc(-n2c(SCC(=O)NCc3cccs3)nc3ccccc3c2=O)cc1. The highest BCUT2D eigenvalue weighted by molar-refractivity contribution is 7.99. The summed E-state index contributed by atoms with van der Waals surface area (Å²) in [5, 5.41) is 5.95. The summed E-state index contributed by atoms with van der Waals surface area (Å²) in [4.78, 5) is 31.2. The molecule has 0 saturated heterocycles. The zero-order valence-electron chi connectivity index (χ0n) is 15.8. The maximum Gasteiger partial charge on any atom is 0.266 e. The minimum absolute atomic E-state index is 0.0961. The van der Waals surface area contributed by atoms with Crippen LogP contribution in [-0.2, 0) is 11.3 Å². The fraction of sp³-hybridized carbons (Fsp3) is 0.136. The van der Waals surface area contributed by atoms with Crippen molar-refractivity contribution < 1.29 is 4.79 Å². The van der Waals surface area contributed by atoms with Gasteiger partial charge in [0.1, 0.15) is 0 Å². The zero-order chi connectivity index (χ0) is 20.2. The lowest BCUT2D eigenvalue weighted by atomic mass is 10.2. The maximum atomic E-state index is 13.2. The predicted molar refractivity (Wildman–Crippen MR) is 119 cm³/mol. The first-order chi connectivity index (χ1) is 14.1. The Kier molecular flexibility index (Phi) is 5.78. The van der Waals surface area contributed by atoms with Gasteiger partial charge in [0.25, 0.3) is 5.56 Å². The van der Waals surface area contributed by atoms with Crippen LogP contribution in [0.2, 0.25) is 0 Å². The molecule has 0 atom stereocenters. The van der Waals surface area contributed by atoms with E-state index in [0.717, 1.165) is 16.1 Å². The van der Waals surface area contributed by atoms with Crippen molar-refractivity contribution in [1.82, 2.24) is 14.9 Å². The van der Waals surface area contributed by atoms with Crippen molar-refractivity contribution >= 4 is 39.9 Å². The Morgan fingerprint density at radius 2 is 1.90 bits per heavy atom. The van der Waals surface area contributed by atoms with E-state index in [1.807, 2.05) is 66.9 Å². The van der Waals surface area contributed by atoms with Gasteiger partial charge in [-0.25, -0.2) is 4.98 Å². The molecule has 4 aromatic rings. The average Bonchev–Trinajstić information content (AvgIpc) is 3.25. The first kappa shape index (κ1) is 19.4. The number of hydrogen-bond acceptors (Lipinski definition) is 5. The second-order valence-electron chi connectivity index (χ2n) is 6.53. The Morgan fingerprint density at radius 1 is 1.10 bits per heavy atom. The van der Waals surface area contributed by atoms with Crippen LogP contribution >= 0.6 is 23.1 Å². The van der Waals surface area contributed by atoms with Gasteiger partial charge < -0.3 is 5.32 Å². The topological polar surface area (TPSA) is 64.0 Å². The first-order valence-corrected chi connectivity index (χ1v) is 11.0. The van der Waals surface area contributed by atoms with Gasteiger partial charge in [-0.15, -0.1) is 11.3 Å². The number of benzene rings is 2. The molecule has 1 N–H and O–H groups in total. The van der Waals surface area contributed by atoms with Crippen LogP contribution in [0.1, 0.15) is 10.4 Å². The summed E-state index contributed by atoms with van der Waals surface area (Å²) >= 11 is 2.87. The van der Waals surface area contributed by atoms with Gasteiger partial charge >= 0.3 is 0 Å². The van der Waals surface area contributed by atoms with Crippen LogP contribution in [0.25, 0.3) is 16.6 Å². The van der Waals surface area contributed by atoms with E-state index in [1.54, 1.807) is 22.0 Å². The van der Waals surface area contributed by atoms with E-state index >= 15 is 0 Å². The summed E-state index contributed by atoms with van der Waals surface area (Å²) in [6.45, 7) is 2.51. The third kappa shape index (κ3) is 4.41. The molecule has 0 fully saturated rings. The van der Waals surface area contributed by atoms with Crippen molar-refractivity contribution in [2.75, 3.05) is 5.75 Å². The molecule has 5 nitrogen and oxygen atoms in total. The molecule has 7 heteroatoms. The predicted octanol–water partition coefficient (Wildman–Crippen LogP) is 4.16. The summed E-state index contributed by atoms with van der Waals surface area (Å²) in [6.07, 6.45) is 0. The molecule has 4 rings (SSSR count). The number of para-hydroxylation sites is 1. The monoisotopic (exact) mass is 421 g/mol. The van der Waals surface area contributed by atoms with Crippen molar-refractivity contribution in [3.8, 4) is 5.69 Å². The first-order valence-electron chi connectivity index (χ1n) is 9.12. The standard InChI is InChI=1S/C22H19N3O2S2/c1-15-8-10-16(11-9-15)25-21(27)18-6-2-3-7-19(18)24-22(25)29-14-20(26)23-13-17-5-4-12-28-17/h2-12H,13-14H2,1H3,(H,23,26). The number of thioether (sulfide) groups is 1. The normalized spacial score (nSPS) is 10.9. The van der Waals surface area contributed by atoms with Crippen LogP contribution in [-0.4, -0.2) is 21.2 Å². The number of carbonyl (C=O) groups excluding carboxylic acids is 1. The molecule has 2 aromatic heterocycles. The van der Waals surface area contributed by atoms with Crippen LogP contribution in [0, 0.1) is 6.92 Å². The van der Waals surface area contributed by atoms with Crippen LogP contribution < -0.4 is 10.9 Å². The minimum Gasteiger partial charge on any atom is -0.350 e. The van der Waals surface area contributed by atoms with Crippen molar-refractivity contribution in [3.05, 3.63) is 86.8 Å². The Balaban J connectivity index is 1.63. The van der Waals surface area contributed by atoms with Gasteiger partial charge in [-0.2, -0.15) is 0 Å². The quantitative estimate of drug-likeness (QED) is 0.375. The van der Waals surface area contributed by atoms with E-state index in [4.69, 9.17) is 0 Å². The molecule has 0 radical (unpaired) electrons. The summed E-state index contributed by atoms with van der Waals surface area (Å²) in [5.41, 5.74) is 2.33. The maximum absolute atomic E-state index is 13.2. The fourth-order valence-corrected chi connectivity index (χ4v) is 4.40. The Labute approximate surface area is 176 Å². The van der Waals surface area contributed by atoms with Gasteiger partial charge in [-0.05, 0) is 42.6 Å². The number of fused-ring (bicyclic) bond motifs is 1. The van der Waals surface area contributed by atoms with Crippen molar-refractivity contribution in [2.45, 2.75) is 18.6 Å². The van der Waals surface area contributed by atoms with Crippen LogP contribution in [0.5, 0.6) is 0 Å². The Hall–Kier alpha value is -2.90. The van der Waals surface area contributed by atoms with Gasteiger partial charge in [0.2, 0.25) is 5.91 Å². The van der Waals surface area contributed by atoms with Crippen molar-refractivity contribution in [2.24, 2.45) is 0 Å². The average molecular weight is 422 g/mol. The summed E-state index contributed by atoms with van der Waals surface area (Å²) in [5.74, 6) is 0.0865. The van der Waals surface area contributed by atoms with E-state index in [-0.39, 0.29) is 17.2 Å². The Bertz CT molecular complexity index is 1200. The number of hydrogen-bond donors (Lipinski definition) is 1. The largest absolute Gasteiger partial charge is 0.350 e. The number of rotatable bonds is 6. The third-order valence-electron chi connectivity index (χ3n) is 4.41. The number of thiophene rings is 1. The van der Waals surface area contributed by atoms with Gasteiger partial charge in [-0.3, -0.25) is 14.2 Å². The molecule has 146 valence electrons. The molecule has 0 aliphatic heterocycles. The van der Waals surface area contributed by atoms with Crippen LogP contribution in [0.15, 0.2) is 76.0 Å². The summed E-state index contributed by atoms with van der Waals surface area (Å²) in [7, 11) is 0. The van der Waals surface area contributed by atoms with Gasteiger partial charge in [0.05, 0.1) is 28.9 Å². The zero-order valence-corrected chi connectivity index (χ0v) is 17.4. The molecule has 0 aliphatic carbocycles. The number of nitrogens with one attached hydrogen (secondary N) is 1. The molecule has 2 aromatic carbocycles. The van der Waals surface area contributed by atoms with Gasteiger partial charge in [-0.1, -0.05) is 47.7 Å². The minimum atomic E-state index is -0.138. The molecule has 0 unspecified atom stereocenters. The number of aromatic nitrogens is 2. The third-order valence-corrected chi connectivity index (χ3v) is 6.22. The number of nitrogens with zero attached hydrogens (tertiary/aromatic N) is 2. The van der Waals surface area contributed by atoms with Gasteiger partial charge in [0, 0.05) is 4.88 Å². The smallest absolute Gasteiger partial charge is 0.266 e. The lowest BCUT2D eigenvalue weighted by Gasteiger charge is -2.13. The second kappa shape index (κ2) is 8.63. The van der Waals surface area contributed by atoms with Crippen LogP contribution in [0.4, 0.5) is 0 Å². The number of carbonyl (C=O) groups is 1. The highest BCUT2D eigenvalue weighted by Crippen LogP contribution is 2.21. The van der Waals surface area contributed by atoms with E-state index in [1.165, 1.54) is 11.8 Å². The molecular weight excluding hydrogens is 402 g/mol. The van der Waals surface area contributed by atoms with E-state index in [2.05, 4.69) is 10.3 Å². The highest BCUT2D eigenvalue weighted by atomic mass is 32.2. The molecule has 0 spiro atoms. The number of amides is 1. The van der Waals surface area contributed by atoms with Crippen molar-refractivity contribution in [3.63, 3.8) is 0 Å². The van der Waals surface area contributed by atoms with Crippen molar-refractivity contribution in [1.29, 1.82) is 0 Å². The molecule has 1 amide bonds. The molecule has 29 heavy (non-hydrogen) atoms. The van der Waals surface area contributed by atoms with Crippen LogP contribution in [0.3, 0.4) is 0 Å². The van der Waals surface area contributed by atoms with E-state index in [0.29, 0.717) is 22.6 Å². The lowest BCUT2D eigenvalue weighted by molar-refractivity contribution is -0.118. The van der Waals surface area contributed by atoms with E-state index in [9.17, 15) is 9.59 Å². The summed E-state index contributed by atoms with van der Waals surface area (Å²) < 4.78 is 1.58. The van der Waals surface area contributed by atoms with Gasteiger partial charge in [0.15, 0.2) is 5.16 Å². The number of aryl methyl sites for hydroxylation is 1. The molecule has 0 bridgehead atoms. The molecular formula is C22H19N3O2S2. The summed E-state index contributed by atoms with van der Waals surface area (Å²) in [6, 6.07) is 18.9. The van der Waals surface area contributed by atoms with E-state index < -0.39 is 0 Å².